The Hall–Kier alpha value is -4.00. The molecule has 0 spiro atoms. The van der Waals surface area contributed by atoms with E-state index in [1.807, 2.05) is 42.5 Å². The van der Waals surface area contributed by atoms with Gasteiger partial charge in [0.2, 0.25) is 6.79 Å². The van der Waals surface area contributed by atoms with Crippen LogP contribution in [0.2, 0.25) is 0 Å². The zero-order valence-electron chi connectivity index (χ0n) is 18.3. The lowest BCUT2D eigenvalue weighted by molar-refractivity contribution is 0.0515. The Morgan fingerprint density at radius 1 is 0.848 bits per heavy atom. The van der Waals surface area contributed by atoms with Crippen LogP contribution in [0.1, 0.15) is 33.8 Å². The number of carbonyl (C=O) groups excluding carboxylic acids is 1. The van der Waals surface area contributed by atoms with Crippen molar-refractivity contribution in [3.8, 4) is 23.0 Å². The summed E-state index contributed by atoms with van der Waals surface area (Å²) < 4.78 is 21.4. The molecule has 2 atom stereocenters. The molecule has 0 N–H and O–H groups in total. The summed E-state index contributed by atoms with van der Waals surface area (Å²) in [6.07, 6.45) is 0.893. The number of ether oxygens (including phenoxy) is 4. The van der Waals surface area contributed by atoms with Gasteiger partial charge in [-0.25, -0.2) is 4.79 Å². The molecule has 2 aliphatic rings. The van der Waals surface area contributed by atoms with Crippen molar-refractivity contribution in [1.29, 1.82) is 0 Å². The second-order valence-corrected chi connectivity index (χ2v) is 7.87. The van der Waals surface area contributed by atoms with E-state index in [1.54, 1.807) is 38.5 Å². The number of nitrogens with zero attached hydrogens (tertiary/aromatic N) is 1. The monoisotopic (exact) mass is 445 g/mol. The summed E-state index contributed by atoms with van der Waals surface area (Å²) in [4.78, 5) is 17.9. The van der Waals surface area contributed by atoms with Crippen molar-refractivity contribution in [3.05, 3.63) is 83.4 Å². The Bertz CT molecular complexity index is 1190. The van der Waals surface area contributed by atoms with Gasteiger partial charge in [-0.2, -0.15) is 0 Å². The molecule has 7 heteroatoms. The topological polar surface area (TPSA) is 75.6 Å². The van der Waals surface area contributed by atoms with Crippen molar-refractivity contribution >= 4 is 11.7 Å². The minimum atomic E-state index is -0.524. The van der Waals surface area contributed by atoms with Gasteiger partial charge in [0, 0.05) is 5.92 Å². The quantitative estimate of drug-likeness (QED) is 0.296. The maximum Gasteiger partial charge on any atom is 0.365 e. The molecule has 168 valence electrons. The highest BCUT2D eigenvalue weighted by atomic mass is 16.7. The van der Waals surface area contributed by atoms with Crippen LogP contribution >= 0.6 is 0 Å². The molecular formula is C26H23NO6. The number of fused-ring (bicyclic) bond motifs is 1. The molecule has 0 radical (unpaired) electrons. The highest BCUT2D eigenvalue weighted by Crippen LogP contribution is 2.51. The predicted molar refractivity (Wildman–Crippen MR) is 121 cm³/mol. The molecule has 5 rings (SSSR count). The molecule has 1 heterocycles. The largest absolute Gasteiger partial charge is 0.497 e. The van der Waals surface area contributed by atoms with Crippen LogP contribution in [-0.2, 0) is 4.84 Å². The molecule has 0 saturated heterocycles. The first-order valence-electron chi connectivity index (χ1n) is 10.6. The SMILES string of the molecule is COc1ccc(C(=O)O/N=C(\c2ccc(OC)cc2)[C@@H]2C[C@@H]2c2ccc3c(c2)OCO3)cc1. The van der Waals surface area contributed by atoms with Crippen LogP contribution < -0.4 is 18.9 Å². The number of hydrogen-bond acceptors (Lipinski definition) is 7. The molecule has 3 aromatic carbocycles. The minimum absolute atomic E-state index is 0.113. The summed E-state index contributed by atoms with van der Waals surface area (Å²) in [6.45, 7) is 0.243. The van der Waals surface area contributed by atoms with E-state index >= 15 is 0 Å². The molecule has 3 aromatic rings. The number of benzene rings is 3. The van der Waals surface area contributed by atoms with Crippen LogP contribution in [0.4, 0.5) is 0 Å². The van der Waals surface area contributed by atoms with E-state index in [2.05, 4.69) is 5.16 Å². The van der Waals surface area contributed by atoms with Gasteiger partial charge in [0.1, 0.15) is 11.5 Å². The molecule has 0 bridgehead atoms. The first kappa shape index (κ1) is 20.9. The van der Waals surface area contributed by atoms with Gasteiger partial charge in [0.05, 0.1) is 25.5 Å². The lowest BCUT2D eigenvalue weighted by Crippen LogP contribution is -2.09. The van der Waals surface area contributed by atoms with Gasteiger partial charge < -0.3 is 23.8 Å². The molecule has 1 aliphatic heterocycles. The third-order valence-corrected chi connectivity index (χ3v) is 5.90. The van der Waals surface area contributed by atoms with Crippen molar-refractivity contribution in [2.45, 2.75) is 12.3 Å². The van der Waals surface area contributed by atoms with Crippen molar-refractivity contribution < 1.29 is 28.6 Å². The summed E-state index contributed by atoms with van der Waals surface area (Å²) in [5, 5.41) is 4.32. The van der Waals surface area contributed by atoms with Gasteiger partial charge in [-0.05, 0) is 84.1 Å². The van der Waals surface area contributed by atoms with Gasteiger partial charge in [-0.3, -0.25) is 0 Å². The van der Waals surface area contributed by atoms with E-state index in [4.69, 9.17) is 23.8 Å². The first-order chi connectivity index (χ1) is 16.2. The Labute approximate surface area is 191 Å². The van der Waals surface area contributed by atoms with Crippen LogP contribution in [-0.4, -0.2) is 32.7 Å². The normalized spacial score (nSPS) is 18.5. The Balaban J connectivity index is 1.39. The highest BCUT2D eigenvalue weighted by molar-refractivity contribution is 6.05. The lowest BCUT2D eigenvalue weighted by Gasteiger charge is -2.09. The van der Waals surface area contributed by atoms with Gasteiger partial charge in [0.25, 0.3) is 0 Å². The van der Waals surface area contributed by atoms with E-state index in [0.717, 1.165) is 40.5 Å². The van der Waals surface area contributed by atoms with Gasteiger partial charge in [-0.1, -0.05) is 11.2 Å². The fourth-order valence-corrected chi connectivity index (χ4v) is 3.98. The molecular weight excluding hydrogens is 422 g/mol. The zero-order valence-corrected chi connectivity index (χ0v) is 18.3. The smallest absolute Gasteiger partial charge is 0.365 e. The number of hydrogen-bond donors (Lipinski definition) is 0. The average molecular weight is 445 g/mol. The van der Waals surface area contributed by atoms with Crippen LogP contribution in [0.25, 0.3) is 0 Å². The number of methoxy groups -OCH3 is 2. The third-order valence-electron chi connectivity index (χ3n) is 5.90. The lowest BCUT2D eigenvalue weighted by atomic mass is 10.0. The van der Waals surface area contributed by atoms with E-state index in [0.29, 0.717) is 11.3 Å². The highest BCUT2D eigenvalue weighted by Gasteiger charge is 2.43. The van der Waals surface area contributed by atoms with Crippen molar-refractivity contribution in [2.75, 3.05) is 21.0 Å². The molecule has 1 aliphatic carbocycles. The second kappa shape index (κ2) is 8.86. The average Bonchev–Trinajstić information content (AvgIpc) is 3.51. The van der Waals surface area contributed by atoms with E-state index in [1.165, 1.54) is 0 Å². The standard InChI is InChI=1S/C26H23NO6/c1-29-19-8-3-16(4-9-19)25(27-33-26(28)17-5-10-20(30-2)11-6-17)22-14-21(22)18-7-12-23-24(13-18)32-15-31-23/h3-13,21-22H,14-15H2,1-2H3/b27-25+/t21-,22-/m1/s1. The van der Waals surface area contributed by atoms with E-state index in [9.17, 15) is 4.79 Å². The van der Waals surface area contributed by atoms with Crippen molar-refractivity contribution in [2.24, 2.45) is 11.1 Å². The van der Waals surface area contributed by atoms with Crippen LogP contribution in [0.3, 0.4) is 0 Å². The fraction of sp³-hybridized carbons (Fsp3) is 0.231. The van der Waals surface area contributed by atoms with Crippen LogP contribution in [0, 0.1) is 5.92 Å². The molecule has 0 aromatic heterocycles. The van der Waals surface area contributed by atoms with E-state index in [-0.39, 0.29) is 18.6 Å². The van der Waals surface area contributed by atoms with Gasteiger partial charge in [0.15, 0.2) is 11.5 Å². The molecule has 1 fully saturated rings. The van der Waals surface area contributed by atoms with Crippen molar-refractivity contribution in [1.82, 2.24) is 0 Å². The first-order valence-corrected chi connectivity index (χ1v) is 10.6. The number of rotatable bonds is 7. The molecule has 7 nitrogen and oxygen atoms in total. The maximum absolute atomic E-state index is 12.6. The van der Waals surface area contributed by atoms with Gasteiger partial charge in [-0.15, -0.1) is 0 Å². The molecule has 0 unspecified atom stereocenters. The summed E-state index contributed by atoms with van der Waals surface area (Å²) in [5.74, 6) is 2.77. The van der Waals surface area contributed by atoms with Gasteiger partial charge >= 0.3 is 5.97 Å². The fourth-order valence-electron chi connectivity index (χ4n) is 3.98. The maximum atomic E-state index is 12.6. The minimum Gasteiger partial charge on any atom is -0.497 e. The summed E-state index contributed by atoms with van der Waals surface area (Å²) in [5.41, 5.74) is 3.15. The van der Waals surface area contributed by atoms with Crippen molar-refractivity contribution in [3.63, 3.8) is 0 Å². The van der Waals surface area contributed by atoms with Crippen LogP contribution in [0.15, 0.2) is 71.9 Å². The second-order valence-electron chi connectivity index (χ2n) is 7.87. The van der Waals surface area contributed by atoms with E-state index < -0.39 is 5.97 Å². The summed E-state index contributed by atoms with van der Waals surface area (Å²) in [6, 6.07) is 20.3. The third kappa shape index (κ3) is 4.35. The predicted octanol–water partition coefficient (Wildman–Crippen LogP) is 4.80. The molecule has 0 amide bonds. The number of oxime groups is 1. The number of carbonyl (C=O) groups is 1. The Morgan fingerprint density at radius 3 is 2.15 bits per heavy atom. The Kier molecular flexibility index (Phi) is 5.60. The summed E-state index contributed by atoms with van der Waals surface area (Å²) >= 11 is 0. The molecule has 1 saturated carbocycles. The zero-order chi connectivity index (χ0) is 22.8. The Morgan fingerprint density at radius 2 is 1.48 bits per heavy atom. The molecule has 33 heavy (non-hydrogen) atoms. The van der Waals surface area contributed by atoms with Crippen LogP contribution in [0.5, 0.6) is 23.0 Å². The summed E-state index contributed by atoms with van der Waals surface area (Å²) in [7, 11) is 3.20.